The number of aromatic amines is 1. The van der Waals surface area contributed by atoms with E-state index >= 15 is 0 Å². The Morgan fingerprint density at radius 3 is 2.70 bits per heavy atom. The summed E-state index contributed by atoms with van der Waals surface area (Å²) in [6.45, 7) is 9.32. The van der Waals surface area contributed by atoms with E-state index in [1.54, 1.807) is 0 Å². The number of hydrogen-bond donors (Lipinski definition) is 1. The fourth-order valence-corrected chi connectivity index (χ4v) is 3.19. The first-order chi connectivity index (χ1) is 9.76. The van der Waals surface area contributed by atoms with Crippen LogP contribution in [0, 0.1) is 6.92 Å². The number of aryl methyl sites for hydroxylation is 2. The van der Waals surface area contributed by atoms with E-state index < -0.39 is 0 Å². The SMILES string of the molecule is CCc1nsc(N2CCN(Cc3cn[nH]c3C)CC2)n1. The monoisotopic (exact) mass is 292 g/mol. The quantitative estimate of drug-likeness (QED) is 0.924. The van der Waals surface area contributed by atoms with Gasteiger partial charge in [-0.25, -0.2) is 4.98 Å². The number of nitrogens with zero attached hydrogens (tertiary/aromatic N) is 5. The largest absolute Gasteiger partial charge is 0.344 e. The van der Waals surface area contributed by atoms with Crippen LogP contribution in [0.5, 0.6) is 0 Å². The molecule has 0 bridgehead atoms. The second-order valence-corrected chi connectivity index (χ2v) is 5.86. The van der Waals surface area contributed by atoms with Crippen molar-refractivity contribution in [3.05, 3.63) is 23.3 Å². The summed E-state index contributed by atoms with van der Waals surface area (Å²) in [5, 5.41) is 8.15. The molecule has 7 heteroatoms. The van der Waals surface area contributed by atoms with Crippen molar-refractivity contribution in [1.82, 2.24) is 24.5 Å². The van der Waals surface area contributed by atoms with E-state index in [0.717, 1.165) is 50.1 Å². The van der Waals surface area contributed by atoms with Crippen molar-refractivity contribution in [2.75, 3.05) is 31.1 Å². The normalized spacial score (nSPS) is 16.8. The average Bonchev–Trinajstić information content (AvgIpc) is 3.10. The van der Waals surface area contributed by atoms with Crippen LogP contribution in [0.3, 0.4) is 0 Å². The van der Waals surface area contributed by atoms with Crippen LogP contribution in [0.25, 0.3) is 0 Å². The van der Waals surface area contributed by atoms with Crippen LogP contribution in [0.1, 0.15) is 24.0 Å². The van der Waals surface area contributed by atoms with Crippen molar-refractivity contribution < 1.29 is 0 Å². The lowest BCUT2D eigenvalue weighted by Crippen LogP contribution is -2.46. The molecule has 0 aliphatic carbocycles. The van der Waals surface area contributed by atoms with E-state index in [1.165, 1.54) is 22.8 Å². The van der Waals surface area contributed by atoms with Crippen LogP contribution >= 0.6 is 11.5 Å². The summed E-state index contributed by atoms with van der Waals surface area (Å²) in [4.78, 5) is 9.38. The molecule has 1 fully saturated rings. The lowest BCUT2D eigenvalue weighted by molar-refractivity contribution is 0.249. The smallest absolute Gasteiger partial charge is 0.205 e. The van der Waals surface area contributed by atoms with Gasteiger partial charge in [-0.2, -0.15) is 9.47 Å². The Hall–Kier alpha value is -1.47. The molecule has 0 spiro atoms. The van der Waals surface area contributed by atoms with Crippen LogP contribution in [-0.2, 0) is 13.0 Å². The predicted octanol–water partition coefficient (Wildman–Crippen LogP) is 1.45. The number of H-pyrrole nitrogens is 1. The van der Waals surface area contributed by atoms with Crippen LogP contribution < -0.4 is 4.90 Å². The van der Waals surface area contributed by atoms with Crippen molar-refractivity contribution in [1.29, 1.82) is 0 Å². The summed E-state index contributed by atoms with van der Waals surface area (Å²) in [6.07, 6.45) is 2.84. The van der Waals surface area contributed by atoms with E-state index in [4.69, 9.17) is 0 Å². The number of hydrogen-bond acceptors (Lipinski definition) is 6. The van der Waals surface area contributed by atoms with Gasteiger partial charge in [-0.15, -0.1) is 0 Å². The molecule has 0 atom stereocenters. The lowest BCUT2D eigenvalue weighted by Gasteiger charge is -2.34. The fourth-order valence-electron chi connectivity index (χ4n) is 2.39. The Morgan fingerprint density at radius 2 is 2.10 bits per heavy atom. The maximum Gasteiger partial charge on any atom is 0.205 e. The summed E-state index contributed by atoms with van der Waals surface area (Å²) in [7, 11) is 0. The molecule has 0 aromatic carbocycles. The highest BCUT2D eigenvalue weighted by atomic mass is 32.1. The first kappa shape index (κ1) is 13.5. The topological polar surface area (TPSA) is 60.9 Å². The molecule has 108 valence electrons. The van der Waals surface area contributed by atoms with Gasteiger partial charge in [0.1, 0.15) is 5.82 Å². The number of aromatic nitrogens is 4. The zero-order chi connectivity index (χ0) is 13.9. The average molecular weight is 292 g/mol. The summed E-state index contributed by atoms with van der Waals surface area (Å²) < 4.78 is 4.36. The maximum absolute atomic E-state index is 4.57. The minimum atomic E-state index is 0.913. The van der Waals surface area contributed by atoms with E-state index in [-0.39, 0.29) is 0 Å². The molecule has 20 heavy (non-hydrogen) atoms. The van der Waals surface area contributed by atoms with Crippen molar-refractivity contribution in [3.8, 4) is 0 Å². The molecular weight excluding hydrogens is 272 g/mol. The highest BCUT2D eigenvalue weighted by molar-refractivity contribution is 7.09. The van der Waals surface area contributed by atoms with Crippen LogP contribution in [0.15, 0.2) is 6.20 Å². The Labute approximate surface area is 123 Å². The lowest BCUT2D eigenvalue weighted by atomic mass is 10.2. The van der Waals surface area contributed by atoms with Gasteiger partial charge in [0.2, 0.25) is 5.13 Å². The standard InChI is InChI=1S/C13H20N6S/c1-3-12-15-13(20-17-12)19-6-4-18(5-7-19)9-11-8-14-16-10(11)2/h8H,3-7,9H2,1-2H3,(H,14,16). The molecule has 3 rings (SSSR count). The molecule has 6 nitrogen and oxygen atoms in total. The third-order valence-electron chi connectivity index (χ3n) is 3.74. The number of nitrogens with one attached hydrogen (secondary N) is 1. The molecule has 2 aromatic heterocycles. The number of piperazine rings is 1. The van der Waals surface area contributed by atoms with Crippen molar-refractivity contribution in [2.45, 2.75) is 26.8 Å². The van der Waals surface area contributed by atoms with Gasteiger partial charge in [0.25, 0.3) is 0 Å². The molecule has 0 amide bonds. The molecule has 1 saturated heterocycles. The van der Waals surface area contributed by atoms with Gasteiger partial charge >= 0.3 is 0 Å². The number of anilines is 1. The second-order valence-electron chi connectivity index (χ2n) is 5.13. The number of rotatable bonds is 4. The summed E-state index contributed by atoms with van der Waals surface area (Å²) >= 11 is 1.52. The van der Waals surface area contributed by atoms with Gasteiger partial charge in [0.15, 0.2) is 0 Å². The van der Waals surface area contributed by atoms with Gasteiger partial charge in [0.05, 0.1) is 6.20 Å². The maximum atomic E-state index is 4.57. The zero-order valence-electron chi connectivity index (χ0n) is 12.0. The van der Waals surface area contributed by atoms with Crippen LogP contribution in [0.4, 0.5) is 5.13 Å². The van der Waals surface area contributed by atoms with Gasteiger partial charge < -0.3 is 4.90 Å². The Balaban J connectivity index is 1.55. The summed E-state index contributed by atoms with van der Waals surface area (Å²) in [5.41, 5.74) is 2.46. The molecule has 3 heterocycles. The fraction of sp³-hybridized carbons (Fsp3) is 0.615. The van der Waals surface area contributed by atoms with E-state index in [9.17, 15) is 0 Å². The third kappa shape index (κ3) is 2.83. The highest BCUT2D eigenvalue weighted by Gasteiger charge is 2.20. The molecule has 1 aliphatic heterocycles. The zero-order valence-corrected chi connectivity index (χ0v) is 12.8. The predicted molar refractivity (Wildman–Crippen MR) is 80.1 cm³/mol. The molecule has 0 unspecified atom stereocenters. The third-order valence-corrected chi connectivity index (χ3v) is 4.56. The molecule has 2 aromatic rings. The minimum absolute atomic E-state index is 0.913. The van der Waals surface area contributed by atoms with E-state index in [0.29, 0.717) is 0 Å². The van der Waals surface area contributed by atoms with Gasteiger partial charge in [-0.1, -0.05) is 6.92 Å². The Morgan fingerprint density at radius 1 is 1.30 bits per heavy atom. The van der Waals surface area contributed by atoms with Crippen molar-refractivity contribution in [3.63, 3.8) is 0 Å². The summed E-state index contributed by atoms with van der Waals surface area (Å²) in [6, 6.07) is 0. The molecular formula is C13H20N6S. The van der Waals surface area contributed by atoms with Crippen molar-refractivity contribution in [2.24, 2.45) is 0 Å². The van der Waals surface area contributed by atoms with Crippen LogP contribution in [-0.4, -0.2) is 50.6 Å². The molecule has 1 aliphatic rings. The van der Waals surface area contributed by atoms with Crippen molar-refractivity contribution >= 4 is 16.7 Å². The van der Waals surface area contributed by atoms with Gasteiger partial charge in [0, 0.05) is 61.9 Å². The van der Waals surface area contributed by atoms with E-state index in [1.807, 2.05) is 6.20 Å². The molecule has 0 saturated carbocycles. The van der Waals surface area contributed by atoms with Crippen LogP contribution in [0.2, 0.25) is 0 Å². The van der Waals surface area contributed by atoms with Gasteiger partial charge in [-0.3, -0.25) is 10.00 Å². The molecule has 1 N–H and O–H groups in total. The van der Waals surface area contributed by atoms with E-state index in [2.05, 4.69) is 43.2 Å². The summed E-state index contributed by atoms with van der Waals surface area (Å²) in [5.74, 6) is 0.960. The Bertz CT molecular complexity index is 555. The first-order valence-electron chi connectivity index (χ1n) is 7.05. The minimum Gasteiger partial charge on any atom is -0.344 e. The Kier molecular flexibility index (Phi) is 3.98. The first-order valence-corrected chi connectivity index (χ1v) is 7.82. The van der Waals surface area contributed by atoms with Gasteiger partial charge in [-0.05, 0) is 6.92 Å². The second kappa shape index (κ2) is 5.88. The molecule has 0 radical (unpaired) electrons. The highest BCUT2D eigenvalue weighted by Crippen LogP contribution is 2.20.